The summed E-state index contributed by atoms with van der Waals surface area (Å²) in [5.74, 6) is -0.383. The molecule has 0 spiro atoms. The maximum atomic E-state index is 11.4. The van der Waals surface area contributed by atoms with Crippen LogP contribution < -0.4 is 0 Å². The number of esters is 1. The first-order valence-electron chi connectivity index (χ1n) is 4.45. The molecule has 0 atom stereocenters. The van der Waals surface area contributed by atoms with Gasteiger partial charge in [-0.05, 0) is 6.42 Å². The third-order valence-electron chi connectivity index (χ3n) is 1.93. The first kappa shape index (κ1) is 13.4. The fourth-order valence-corrected chi connectivity index (χ4v) is 2.07. The van der Waals surface area contributed by atoms with Gasteiger partial charge >= 0.3 is 5.97 Å². The molecule has 0 heterocycles. The monoisotopic (exact) mass is 223 g/mol. The van der Waals surface area contributed by atoms with E-state index >= 15 is 0 Å². The van der Waals surface area contributed by atoms with E-state index in [1.165, 1.54) is 18.5 Å². The molecule has 0 aromatic rings. The summed E-state index contributed by atoms with van der Waals surface area (Å²) < 4.78 is 28.5. The van der Waals surface area contributed by atoms with Gasteiger partial charge in [-0.1, -0.05) is 6.92 Å². The molecule has 0 aliphatic carbocycles. The van der Waals surface area contributed by atoms with Crippen molar-refractivity contribution in [3.63, 3.8) is 0 Å². The van der Waals surface area contributed by atoms with Gasteiger partial charge < -0.3 is 4.74 Å². The van der Waals surface area contributed by atoms with E-state index in [1.54, 1.807) is 6.92 Å². The molecule has 0 aliphatic rings. The predicted octanol–water partition coefficient (Wildman–Crippen LogP) is 0.221. The van der Waals surface area contributed by atoms with Crippen LogP contribution in [0.15, 0.2) is 0 Å². The summed E-state index contributed by atoms with van der Waals surface area (Å²) in [6.45, 7) is 2.21. The Kier molecular flexibility index (Phi) is 5.71. The number of methoxy groups -OCH3 is 1. The van der Waals surface area contributed by atoms with E-state index < -0.39 is 10.0 Å². The Morgan fingerprint density at radius 3 is 2.43 bits per heavy atom. The van der Waals surface area contributed by atoms with Gasteiger partial charge in [0.05, 0.1) is 12.9 Å². The molecule has 0 bridgehead atoms. The smallest absolute Gasteiger partial charge is 0.305 e. The molecule has 84 valence electrons. The van der Waals surface area contributed by atoms with Crippen molar-refractivity contribution in [2.24, 2.45) is 0 Å². The van der Waals surface area contributed by atoms with Gasteiger partial charge in [0.1, 0.15) is 0 Å². The quantitative estimate of drug-likeness (QED) is 0.604. The van der Waals surface area contributed by atoms with Crippen LogP contribution in [-0.2, 0) is 19.6 Å². The number of ether oxygens (including phenoxy) is 1. The van der Waals surface area contributed by atoms with Gasteiger partial charge in [-0.3, -0.25) is 4.79 Å². The average molecular weight is 223 g/mol. The second-order valence-electron chi connectivity index (χ2n) is 2.91. The molecule has 0 N–H and O–H groups in total. The minimum atomic E-state index is -3.19. The number of rotatable bonds is 6. The number of nitrogens with zero attached hydrogens (tertiary/aromatic N) is 1. The lowest BCUT2D eigenvalue weighted by Crippen LogP contribution is -2.29. The molecular formula is C8H17NO4S. The zero-order chi connectivity index (χ0) is 11.2. The molecule has 6 heteroatoms. The minimum Gasteiger partial charge on any atom is -0.469 e. The maximum absolute atomic E-state index is 11.4. The molecular weight excluding hydrogens is 206 g/mol. The minimum absolute atomic E-state index is 0.00750. The molecule has 0 aromatic carbocycles. The van der Waals surface area contributed by atoms with E-state index in [0.717, 1.165) is 0 Å². The molecule has 0 rings (SSSR count). The van der Waals surface area contributed by atoms with Crippen molar-refractivity contribution >= 4 is 16.0 Å². The first-order valence-corrected chi connectivity index (χ1v) is 6.05. The van der Waals surface area contributed by atoms with Crippen LogP contribution in [0, 0.1) is 0 Å². The van der Waals surface area contributed by atoms with Crippen molar-refractivity contribution in [2.45, 2.75) is 19.8 Å². The van der Waals surface area contributed by atoms with Crippen molar-refractivity contribution < 1.29 is 17.9 Å². The van der Waals surface area contributed by atoms with Gasteiger partial charge in [0.25, 0.3) is 0 Å². The topological polar surface area (TPSA) is 63.7 Å². The molecule has 0 fully saturated rings. The summed E-state index contributed by atoms with van der Waals surface area (Å²) >= 11 is 0. The molecule has 0 saturated carbocycles. The van der Waals surface area contributed by atoms with E-state index in [-0.39, 0.29) is 18.1 Å². The number of carbonyl (C=O) groups is 1. The molecule has 0 aromatic heterocycles. The largest absolute Gasteiger partial charge is 0.469 e. The molecule has 0 radical (unpaired) electrons. The fraction of sp³-hybridized carbons (Fsp3) is 0.875. The van der Waals surface area contributed by atoms with E-state index in [1.807, 2.05) is 0 Å². The van der Waals surface area contributed by atoms with Crippen LogP contribution >= 0.6 is 0 Å². The summed E-state index contributed by atoms with van der Waals surface area (Å²) in [4.78, 5) is 10.7. The van der Waals surface area contributed by atoms with Crippen molar-refractivity contribution in [1.82, 2.24) is 4.31 Å². The molecule has 0 amide bonds. The van der Waals surface area contributed by atoms with Crippen LogP contribution in [0.4, 0.5) is 0 Å². The molecule has 0 saturated heterocycles. The summed E-state index contributed by atoms with van der Waals surface area (Å²) in [7, 11) is -0.381. The van der Waals surface area contributed by atoms with Gasteiger partial charge in [-0.25, -0.2) is 12.7 Å². The van der Waals surface area contributed by atoms with Gasteiger partial charge in [-0.15, -0.1) is 0 Å². The fourth-order valence-electron chi connectivity index (χ4n) is 0.854. The van der Waals surface area contributed by atoms with E-state index in [0.29, 0.717) is 13.0 Å². The second kappa shape index (κ2) is 5.98. The van der Waals surface area contributed by atoms with Crippen LogP contribution in [0.2, 0.25) is 0 Å². The SMILES string of the molecule is CCN(C)S(=O)(=O)CCCC(=O)OC. The molecule has 14 heavy (non-hydrogen) atoms. The Morgan fingerprint density at radius 1 is 1.43 bits per heavy atom. The van der Waals surface area contributed by atoms with Crippen molar-refractivity contribution in [3.8, 4) is 0 Å². The molecule has 0 unspecified atom stereocenters. The number of hydrogen-bond acceptors (Lipinski definition) is 4. The normalized spacial score (nSPS) is 11.7. The number of carbonyl (C=O) groups excluding carboxylic acids is 1. The van der Waals surface area contributed by atoms with Crippen LogP contribution in [0.25, 0.3) is 0 Å². The Bertz CT molecular complexity index is 273. The van der Waals surface area contributed by atoms with E-state index in [4.69, 9.17) is 0 Å². The highest BCUT2D eigenvalue weighted by molar-refractivity contribution is 7.89. The summed E-state index contributed by atoms with van der Waals surface area (Å²) in [6.07, 6.45) is 0.451. The molecule has 5 nitrogen and oxygen atoms in total. The third-order valence-corrected chi connectivity index (χ3v) is 3.94. The van der Waals surface area contributed by atoms with Crippen molar-refractivity contribution in [1.29, 1.82) is 0 Å². The lowest BCUT2D eigenvalue weighted by molar-refractivity contribution is -0.140. The van der Waals surface area contributed by atoms with Gasteiger partial charge in [-0.2, -0.15) is 0 Å². The lowest BCUT2D eigenvalue weighted by atomic mass is 10.3. The molecule has 0 aliphatic heterocycles. The summed E-state index contributed by atoms with van der Waals surface area (Å²) in [5, 5.41) is 0. The lowest BCUT2D eigenvalue weighted by Gasteiger charge is -2.13. The maximum Gasteiger partial charge on any atom is 0.305 e. The van der Waals surface area contributed by atoms with Crippen LogP contribution in [0.3, 0.4) is 0 Å². The Labute approximate surface area is 85.1 Å². The van der Waals surface area contributed by atoms with E-state index in [9.17, 15) is 13.2 Å². The second-order valence-corrected chi connectivity index (χ2v) is 5.11. The zero-order valence-corrected chi connectivity index (χ0v) is 9.63. The van der Waals surface area contributed by atoms with E-state index in [2.05, 4.69) is 4.74 Å². The Hall–Kier alpha value is -0.620. The Morgan fingerprint density at radius 2 is 2.00 bits per heavy atom. The van der Waals surface area contributed by atoms with Crippen molar-refractivity contribution in [3.05, 3.63) is 0 Å². The van der Waals surface area contributed by atoms with Gasteiger partial charge in [0, 0.05) is 20.0 Å². The zero-order valence-electron chi connectivity index (χ0n) is 8.82. The highest BCUT2D eigenvalue weighted by atomic mass is 32.2. The summed E-state index contributed by atoms with van der Waals surface area (Å²) in [6, 6.07) is 0. The highest BCUT2D eigenvalue weighted by Crippen LogP contribution is 2.02. The number of hydrogen-bond donors (Lipinski definition) is 0. The van der Waals surface area contributed by atoms with Gasteiger partial charge in [0.2, 0.25) is 10.0 Å². The standard InChI is InChI=1S/C8H17NO4S/c1-4-9(2)14(11,12)7-5-6-8(10)13-3/h4-7H2,1-3H3. The van der Waals surface area contributed by atoms with Crippen LogP contribution in [0.5, 0.6) is 0 Å². The van der Waals surface area contributed by atoms with Crippen LogP contribution in [0.1, 0.15) is 19.8 Å². The number of sulfonamides is 1. The Balaban J connectivity index is 3.95. The predicted molar refractivity (Wildman–Crippen MR) is 53.3 cm³/mol. The first-order chi connectivity index (χ1) is 6.44. The highest BCUT2D eigenvalue weighted by Gasteiger charge is 2.16. The average Bonchev–Trinajstić information content (AvgIpc) is 2.15. The third kappa shape index (κ3) is 4.57. The van der Waals surface area contributed by atoms with Crippen LogP contribution in [-0.4, -0.2) is 45.1 Å². The van der Waals surface area contributed by atoms with Gasteiger partial charge in [0.15, 0.2) is 0 Å². The van der Waals surface area contributed by atoms with Crippen molar-refractivity contribution in [2.75, 3.05) is 26.5 Å². The summed E-state index contributed by atoms with van der Waals surface area (Å²) in [5.41, 5.74) is 0.